The minimum atomic E-state index is -0.0844. The highest BCUT2D eigenvalue weighted by Gasteiger charge is 2.04. The molecule has 0 heterocycles. The first-order valence-electron chi connectivity index (χ1n) is 7.96. The molecular weight excluding hydrogens is 240 g/mol. The molecule has 0 aromatic carbocycles. The molecule has 0 aromatic heterocycles. The van der Waals surface area contributed by atoms with Gasteiger partial charge in [-0.05, 0) is 12.8 Å². The quantitative estimate of drug-likeness (QED) is 0.393. The number of amides is 1. The van der Waals surface area contributed by atoms with Crippen LogP contribution < -0.4 is 5.43 Å². The van der Waals surface area contributed by atoms with Crippen LogP contribution in [0, 0.1) is 0 Å². The van der Waals surface area contributed by atoms with Crippen LogP contribution in [-0.4, -0.2) is 22.8 Å². The summed E-state index contributed by atoms with van der Waals surface area (Å²) in [5.74, 6) is -0.0844. The van der Waals surface area contributed by atoms with Gasteiger partial charge in [-0.25, -0.2) is 0 Å². The van der Waals surface area contributed by atoms with Gasteiger partial charge in [0.2, 0.25) is 5.91 Å². The molecule has 0 atom stereocenters. The SMILES string of the molecule is CCCCCCCCCCCC(=O)NN(O)CCC. The van der Waals surface area contributed by atoms with E-state index in [4.69, 9.17) is 0 Å². The molecule has 0 spiro atoms. The zero-order valence-corrected chi connectivity index (χ0v) is 12.8. The first-order valence-corrected chi connectivity index (χ1v) is 7.96. The number of rotatable bonds is 13. The molecule has 0 radical (unpaired) electrons. The predicted octanol–water partition coefficient (Wildman–Crippen LogP) is 4.04. The monoisotopic (exact) mass is 272 g/mol. The maximum atomic E-state index is 11.4. The second-order valence-corrected chi connectivity index (χ2v) is 5.24. The molecule has 4 heteroatoms. The van der Waals surface area contributed by atoms with Crippen LogP contribution in [0.2, 0.25) is 0 Å². The Bertz CT molecular complexity index is 210. The van der Waals surface area contributed by atoms with Crippen molar-refractivity contribution in [1.82, 2.24) is 10.6 Å². The smallest absolute Gasteiger partial charge is 0.236 e. The Hall–Kier alpha value is -0.610. The molecule has 0 saturated carbocycles. The number of carbonyl (C=O) groups excluding carboxylic acids is 1. The maximum Gasteiger partial charge on any atom is 0.236 e. The topological polar surface area (TPSA) is 52.6 Å². The van der Waals surface area contributed by atoms with Gasteiger partial charge in [0.25, 0.3) is 0 Å². The maximum absolute atomic E-state index is 11.4. The Morgan fingerprint density at radius 3 is 1.95 bits per heavy atom. The van der Waals surface area contributed by atoms with E-state index in [2.05, 4.69) is 12.3 Å². The number of nitrogens with zero attached hydrogens (tertiary/aromatic N) is 1. The van der Waals surface area contributed by atoms with Crippen molar-refractivity contribution >= 4 is 5.91 Å². The summed E-state index contributed by atoms with van der Waals surface area (Å²) < 4.78 is 0. The highest BCUT2D eigenvalue weighted by molar-refractivity contribution is 5.75. The van der Waals surface area contributed by atoms with Crippen molar-refractivity contribution in [3.8, 4) is 0 Å². The van der Waals surface area contributed by atoms with Gasteiger partial charge in [-0.3, -0.25) is 15.4 Å². The number of carbonyl (C=O) groups is 1. The molecule has 19 heavy (non-hydrogen) atoms. The van der Waals surface area contributed by atoms with E-state index in [0.29, 0.717) is 13.0 Å². The normalized spacial score (nSPS) is 10.9. The van der Waals surface area contributed by atoms with E-state index in [1.54, 1.807) is 0 Å². The fourth-order valence-corrected chi connectivity index (χ4v) is 2.06. The number of hydroxylamine groups is 1. The minimum absolute atomic E-state index is 0.0844. The van der Waals surface area contributed by atoms with Gasteiger partial charge in [0, 0.05) is 13.0 Å². The van der Waals surface area contributed by atoms with Crippen LogP contribution in [0.3, 0.4) is 0 Å². The molecule has 0 aliphatic carbocycles. The van der Waals surface area contributed by atoms with Crippen LogP contribution in [0.15, 0.2) is 0 Å². The average molecular weight is 272 g/mol. The van der Waals surface area contributed by atoms with Crippen molar-refractivity contribution in [3.63, 3.8) is 0 Å². The molecule has 0 fully saturated rings. The number of hydrogen-bond donors (Lipinski definition) is 2. The summed E-state index contributed by atoms with van der Waals surface area (Å²) in [6, 6.07) is 0. The highest BCUT2D eigenvalue weighted by atomic mass is 16.5. The summed E-state index contributed by atoms with van der Waals surface area (Å²) in [6.07, 6.45) is 12.6. The second-order valence-electron chi connectivity index (χ2n) is 5.24. The van der Waals surface area contributed by atoms with Crippen LogP contribution in [0.25, 0.3) is 0 Å². The van der Waals surface area contributed by atoms with Crippen LogP contribution in [0.4, 0.5) is 0 Å². The fraction of sp³-hybridized carbons (Fsp3) is 0.933. The number of hydrogen-bond acceptors (Lipinski definition) is 3. The summed E-state index contributed by atoms with van der Waals surface area (Å²) in [4.78, 5) is 11.4. The Kier molecular flexibility index (Phi) is 13.4. The van der Waals surface area contributed by atoms with E-state index in [9.17, 15) is 10.0 Å². The first-order chi connectivity index (χ1) is 9.20. The third-order valence-electron chi connectivity index (χ3n) is 3.20. The zero-order chi connectivity index (χ0) is 14.3. The summed E-state index contributed by atoms with van der Waals surface area (Å²) >= 11 is 0. The van der Waals surface area contributed by atoms with Gasteiger partial charge in [0.05, 0.1) is 0 Å². The summed E-state index contributed by atoms with van der Waals surface area (Å²) in [7, 11) is 0. The van der Waals surface area contributed by atoms with Gasteiger partial charge >= 0.3 is 0 Å². The lowest BCUT2D eigenvalue weighted by atomic mass is 10.1. The predicted molar refractivity (Wildman–Crippen MR) is 78.8 cm³/mol. The molecule has 0 aliphatic rings. The van der Waals surface area contributed by atoms with Crippen molar-refractivity contribution in [3.05, 3.63) is 0 Å². The van der Waals surface area contributed by atoms with Gasteiger partial charge in [-0.15, -0.1) is 5.17 Å². The van der Waals surface area contributed by atoms with Crippen LogP contribution in [0.1, 0.15) is 84.5 Å². The molecule has 0 saturated heterocycles. The lowest BCUT2D eigenvalue weighted by molar-refractivity contribution is -0.160. The molecule has 0 aliphatic heterocycles. The second kappa shape index (κ2) is 13.8. The van der Waals surface area contributed by atoms with Gasteiger partial charge in [0.1, 0.15) is 0 Å². The Labute approximate surface area is 118 Å². The molecule has 4 nitrogen and oxygen atoms in total. The van der Waals surface area contributed by atoms with Gasteiger partial charge in [0.15, 0.2) is 0 Å². The molecule has 0 bridgehead atoms. The number of unbranched alkanes of at least 4 members (excludes halogenated alkanes) is 8. The van der Waals surface area contributed by atoms with E-state index >= 15 is 0 Å². The van der Waals surface area contributed by atoms with E-state index < -0.39 is 0 Å². The molecule has 0 aromatic rings. The minimum Gasteiger partial charge on any atom is -0.295 e. The Morgan fingerprint density at radius 1 is 0.895 bits per heavy atom. The van der Waals surface area contributed by atoms with Crippen LogP contribution >= 0.6 is 0 Å². The fourth-order valence-electron chi connectivity index (χ4n) is 2.06. The molecule has 114 valence electrons. The lowest BCUT2D eigenvalue weighted by Crippen LogP contribution is -2.40. The van der Waals surface area contributed by atoms with Gasteiger partial charge in [-0.2, -0.15) is 0 Å². The van der Waals surface area contributed by atoms with Crippen molar-refractivity contribution in [2.24, 2.45) is 0 Å². The molecule has 2 N–H and O–H groups in total. The largest absolute Gasteiger partial charge is 0.295 e. The van der Waals surface area contributed by atoms with Gasteiger partial charge < -0.3 is 0 Å². The van der Waals surface area contributed by atoms with E-state index in [1.165, 1.54) is 44.9 Å². The summed E-state index contributed by atoms with van der Waals surface area (Å²) in [6.45, 7) is 4.67. The molecular formula is C15H32N2O2. The summed E-state index contributed by atoms with van der Waals surface area (Å²) in [5, 5.41) is 10.1. The van der Waals surface area contributed by atoms with Crippen molar-refractivity contribution in [2.75, 3.05) is 6.54 Å². The summed E-state index contributed by atoms with van der Waals surface area (Å²) in [5.41, 5.74) is 2.46. The zero-order valence-electron chi connectivity index (χ0n) is 12.8. The van der Waals surface area contributed by atoms with Crippen molar-refractivity contribution < 1.29 is 10.0 Å². The number of nitrogens with one attached hydrogen (secondary N) is 1. The van der Waals surface area contributed by atoms with E-state index in [1.807, 2.05) is 6.92 Å². The van der Waals surface area contributed by atoms with Crippen LogP contribution in [0.5, 0.6) is 0 Å². The van der Waals surface area contributed by atoms with E-state index in [0.717, 1.165) is 24.4 Å². The van der Waals surface area contributed by atoms with Crippen LogP contribution in [-0.2, 0) is 4.79 Å². The third kappa shape index (κ3) is 13.6. The Morgan fingerprint density at radius 2 is 1.42 bits per heavy atom. The first kappa shape index (κ1) is 18.4. The van der Waals surface area contributed by atoms with Crippen molar-refractivity contribution in [1.29, 1.82) is 0 Å². The van der Waals surface area contributed by atoms with E-state index in [-0.39, 0.29) is 5.91 Å². The average Bonchev–Trinajstić information content (AvgIpc) is 2.37. The molecule has 1 amide bonds. The third-order valence-corrected chi connectivity index (χ3v) is 3.20. The standard InChI is InChI=1S/C15H32N2O2/c1-3-5-6-7-8-9-10-11-12-13-15(18)16-17(19)14-4-2/h19H,3-14H2,1-2H3,(H,16,18). The molecule has 0 rings (SSSR count). The lowest BCUT2D eigenvalue weighted by Gasteiger charge is -2.14. The highest BCUT2D eigenvalue weighted by Crippen LogP contribution is 2.10. The Balaban J connectivity index is 3.23. The molecule has 0 unspecified atom stereocenters. The number of hydrazine groups is 1. The van der Waals surface area contributed by atoms with Gasteiger partial charge in [-0.1, -0.05) is 65.2 Å². The van der Waals surface area contributed by atoms with Crippen molar-refractivity contribution in [2.45, 2.75) is 84.5 Å².